The van der Waals surface area contributed by atoms with Gasteiger partial charge >= 0.3 is 0 Å². The summed E-state index contributed by atoms with van der Waals surface area (Å²) in [6.07, 6.45) is 16.6. The molecule has 1 aromatic carbocycles. The molecular formula is C26H34FN5O2. The molecule has 34 heavy (non-hydrogen) atoms. The zero-order chi connectivity index (χ0) is 23.8. The molecule has 4 rings (SSSR count). The number of nitrogens with zero attached hydrogens (tertiary/aromatic N) is 4. The lowest BCUT2D eigenvalue weighted by atomic mass is 9.98. The maximum Gasteiger partial charge on any atom is 0.264 e. The van der Waals surface area contributed by atoms with Crippen molar-refractivity contribution in [1.82, 2.24) is 24.6 Å². The minimum Gasteiger partial charge on any atom is -0.353 e. The van der Waals surface area contributed by atoms with Crippen molar-refractivity contribution in [2.75, 3.05) is 0 Å². The Labute approximate surface area is 199 Å². The van der Waals surface area contributed by atoms with E-state index in [1.54, 1.807) is 12.1 Å². The molecule has 182 valence electrons. The zero-order valence-electron chi connectivity index (χ0n) is 19.7. The molecule has 1 aliphatic carbocycles. The molecular weight excluding hydrogens is 433 g/mol. The number of fused-ring (bicyclic) bond motifs is 1. The van der Waals surface area contributed by atoms with Gasteiger partial charge in [-0.25, -0.2) is 14.1 Å². The van der Waals surface area contributed by atoms with E-state index in [0.717, 1.165) is 25.7 Å². The van der Waals surface area contributed by atoms with Crippen LogP contribution in [0.25, 0.3) is 16.7 Å². The second kappa shape index (κ2) is 11.9. The molecule has 0 radical (unpaired) electrons. The van der Waals surface area contributed by atoms with E-state index in [1.165, 1.54) is 78.9 Å². The average molecular weight is 468 g/mol. The number of aryl methyl sites for hydroxylation is 1. The maximum atomic E-state index is 13.2. The van der Waals surface area contributed by atoms with Crippen molar-refractivity contribution < 1.29 is 9.18 Å². The van der Waals surface area contributed by atoms with E-state index in [1.807, 2.05) is 0 Å². The molecule has 8 heteroatoms. The lowest BCUT2D eigenvalue weighted by molar-refractivity contribution is -0.122. The molecule has 7 nitrogen and oxygen atoms in total. The second-order valence-corrected chi connectivity index (χ2v) is 9.29. The van der Waals surface area contributed by atoms with Crippen LogP contribution in [0.3, 0.4) is 0 Å². The molecule has 0 spiro atoms. The number of hydrogen-bond acceptors (Lipinski definition) is 4. The third kappa shape index (κ3) is 6.30. The van der Waals surface area contributed by atoms with Crippen molar-refractivity contribution in [3.63, 3.8) is 0 Å². The lowest BCUT2D eigenvalue weighted by Crippen LogP contribution is -2.36. The fourth-order valence-electron chi connectivity index (χ4n) is 4.71. The van der Waals surface area contributed by atoms with E-state index in [-0.39, 0.29) is 36.3 Å². The summed E-state index contributed by atoms with van der Waals surface area (Å²) < 4.78 is 16.2. The Kier molecular flexibility index (Phi) is 8.44. The number of nitrogens with one attached hydrogen (secondary N) is 1. The van der Waals surface area contributed by atoms with Crippen molar-refractivity contribution in [2.24, 2.45) is 0 Å². The number of halogens is 1. The van der Waals surface area contributed by atoms with Crippen LogP contribution in [0.2, 0.25) is 0 Å². The molecule has 0 unspecified atom stereocenters. The molecule has 0 saturated heterocycles. The van der Waals surface area contributed by atoms with Crippen LogP contribution in [0, 0.1) is 5.82 Å². The summed E-state index contributed by atoms with van der Waals surface area (Å²) in [5.74, 6) is -0.365. The molecule has 3 aromatic rings. The van der Waals surface area contributed by atoms with Crippen LogP contribution in [0.15, 0.2) is 41.6 Å². The van der Waals surface area contributed by atoms with Crippen molar-refractivity contribution in [3.8, 4) is 5.69 Å². The van der Waals surface area contributed by atoms with Crippen molar-refractivity contribution in [3.05, 3.63) is 53.0 Å². The Morgan fingerprint density at radius 2 is 1.59 bits per heavy atom. The van der Waals surface area contributed by atoms with Gasteiger partial charge in [0.1, 0.15) is 11.2 Å². The predicted octanol–water partition coefficient (Wildman–Crippen LogP) is 4.90. The molecule has 1 aliphatic rings. The Hall–Kier alpha value is -3.03. The molecule has 1 amide bonds. The monoisotopic (exact) mass is 467 g/mol. The number of rotatable bonds is 5. The van der Waals surface area contributed by atoms with Gasteiger partial charge in [-0.05, 0) is 37.1 Å². The molecule has 0 aliphatic heterocycles. The van der Waals surface area contributed by atoms with E-state index in [4.69, 9.17) is 0 Å². The third-order valence-corrected chi connectivity index (χ3v) is 6.68. The second-order valence-electron chi connectivity index (χ2n) is 9.29. The van der Waals surface area contributed by atoms with Gasteiger partial charge in [-0.1, -0.05) is 57.8 Å². The highest BCUT2D eigenvalue weighted by Crippen LogP contribution is 2.17. The number of benzene rings is 1. The first-order chi connectivity index (χ1) is 16.6. The van der Waals surface area contributed by atoms with Crippen LogP contribution in [0.1, 0.15) is 77.0 Å². The largest absolute Gasteiger partial charge is 0.353 e. The van der Waals surface area contributed by atoms with Gasteiger partial charge in [0.25, 0.3) is 5.56 Å². The van der Waals surface area contributed by atoms with Crippen LogP contribution in [0.5, 0.6) is 0 Å². The van der Waals surface area contributed by atoms with Gasteiger partial charge in [0, 0.05) is 19.0 Å². The highest BCUT2D eigenvalue weighted by molar-refractivity contribution is 5.76. The van der Waals surface area contributed by atoms with Crippen molar-refractivity contribution in [2.45, 2.75) is 89.6 Å². The van der Waals surface area contributed by atoms with Crippen molar-refractivity contribution in [1.29, 1.82) is 0 Å². The normalized spacial score (nSPS) is 16.6. The summed E-state index contributed by atoms with van der Waals surface area (Å²) in [7, 11) is 0. The minimum absolute atomic E-state index is 0.0221. The van der Waals surface area contributed by atoms with Crippen LogP contribution >= 0.6 is 0 Å². The smallest absolute Gasteiger partial charge is 0.264 e. The summed E-state index contributed by atoms with van der Waals surface area (Å²) in [5, 5.41) is 7.83. The molecule has 1 fully saturated rings. The van der Waals surface area contributed by atoms with Gasteiger partial charge in [0.05, 0.1) is 18.2 Å². The first kappa shape index (κ1) is 24.1. The number of hydrogen-bond donors (Lipinski definition) is 1. The summed E-state index contributed by atoms with van der Waals surface area (Å²) in [5.41, 5.74) is 0.792. The summed E-state index contributed by atoms with van der Waals surface area (Å²) in [6.45, 7) is 0.266. The standard InChI is InChI=1S/C26H34FN5O2/c27-20-12-14-22(15-13-20)32-25-23(18-29-32)26(34)31(19-28-25)17-16-24(33)30-21-10-8-6-4-2-1-3-5-7-9-11-21/h12-15,18-19,21H,1-11,16-17H2,(H,30,33). The van der Waals surface area contributed by atoms with Crippen LogP contribution in [-0.2, 0) is 11.3 Å². The maximum absolute atomic E-state index is 13.2. The van der Waals surface area contributed by atoms with E-state index in [2.05, 4.69) is 15.4 Å². The number of amides is 1. The average Bonchev–Trinajstić information content (AvgIpc) is 3.26. The molecule has 0 bridgehead atoms. The molecule has 0 atom stereocenters. The highest BCUT2D eigenvalue weighted by Gasteiger charge is 2.15. The molecule has 1 saturated carbocycles. The van der Waals surface area contributed by atoms with Gasteiger partial charge in [0.2, 0.25) is 5.91 Å². The summed E-state index contributed by atoms with van der Waals surface area (Å²) in [4.78, 5) is 30.0. The molecule has 1 N–H and O–H groups in total. The van der Waals surface area contributed by atoms with Crippen LogP contribution in [0.4, 0.5) is 4.39 Å². The Morgan fingerprint density at radius 1 is 0.971 bits per heavy atom. The Balaban J connectivity index is 1.36. The first-order valence-corrected chi connectivity index (χ1v) is 12.6. The minimum atomic E-state index is -0.342. The SMILES string of the molecule is O=C(CCn1cnc2c(cnn2-c2ccc(F)cc2)c1=O)NC1CCCCCCCCCCC1. The van der Waals surface area contributed by atoms with Gasteiger partial charge in [-0.2, -0.15) is 5.10 Å². The zero-order valence-corrected chi connectivity index (χ0v) is 19.7. The van der Waals surface area contributed by atoms with E-state index in [0.29, 0.717) is 16.7 Å². The topological polar surface area (TPSA) is 81.8 Å². The number of aromatic nitrogens is 4. The van der Waals surface area contributed by atoms with Crippen LogP contribution in [-0.4, -0.2) is 31.3 Å². The van der Waals surface area contributed by atoms with Gasteiger partial charge in [-0.15, -0.1) is 0 Å². The lowest BCUT2D eigenvalue weighted by Gasteiger charge is -2.19. The Bertz CT molecular complexity index is 1130. The quantitative estimate of drug-likeness (QED) is 0.579. The van der Waals surface area contributed by atoms with Crippen LogP contribution < -0.4 is 10.9 Å². The predicted molar refractivity (Wildman–Crippen MR) is 130 cm³/mol. The van der Waals surface area contributed by atoms with Gasteiger partial charge in [0.15, 0.2) is 5.65 Å². The fraction of sp³-hybridized carbons (Fsp3) is 0.538. The molecule has 2 aromatic heterocycles. The van der Waals surface area contributed by atoms with E-state index in [9.17, 15) is 14.0 Å². The Morgan fingerprint density at radius 3 is 2.24 bits per heavy atom. The number of carbonyl (C=O) groups excluding carboxylic acids is 1. The number of carbonyl (C=O) groups is 1. The summed E-state index contributed by atoms with van der Waals surface area (Å²) in [6, 6.07) is 6.07. The van der Waals surface area contributed by atoms with Crippen molar-refractivity contribution >= 4 is 16.9 Å². The summed E-state index contributed by atoms with van der Waals surface area (Å²) >= 11 is 0. The molecule has 2 heterocycles. The van der Waals surface area contributed by atoms with Gasteiger partial charge < -0.3 is 5.32 Å². The van der Waals surface area contributed by atoms with E-state index >= 15 is 0 Å². The third-order valence-electron chi connectivity index (χ3n) is 6.68. The first-order valence-electron chi connectivity index (χ1n) is 12.6. The fourth-order valence-corrected chi connectivity index (χ4v) is 4.71. The van der Waals surface area contributed by atoms with E-state index < -0.39 is 0 Å². The van der Waals surface area contributed by atoms with Gasteiger partial charge in [-0.3, -0.25) is 14.2 Å². The highest BCUT2D eigenvalue weighted by atomic mass is 19.1.